The van der Waals surface area contributed by atoms with Gasteiger partial charge in [0.15, 0.2) is 6.04 Å². The molecule has 1 amide bonds. The number of fused-ring (bicyclic) bond motifs is 1. The fourth-order valence-electron chi connectivity index (χ4n) is 4.87. The van der Waals surface area contributed by atoms with Crippen LogP contribution in [-0.4, -0.2) is 49.1 Å². The average Bonchev–Trinajstić information content (AvgIpc) is 3.42. The Morgan fingerprint density at radius 3 is 2.65 bits per heavy atom. The van der Waals surface area contributed by atoms with Crippen LogP contribution in [0.15, 0.2) is 6.07 Å². The number of hydrogen-bond donors (Lipinski definition) is 1. The monoisotopic (exact) mass is 438 g/mol. The topological polar surface area (TPSA) is 68.0 Å². The van der Waals surface area contributed by atoms with Gasteiger partial charge in [0, 0.05) is 31.3 Å². The Bertz CT molecular complexity index is 979. The highest BCUT2D eigenvalue weighted by Crippen LogP contribution is 2.42. The number of aryl methyl sites for hydroxylation is 2. The molecule has 4 heterocycles. The molecule has 0 aromatic carbocycles. The van der Waals surface area contributed by atoms with E-state index in [1.165, 1.54) is 0 Å². The maximum Gasteiger partial charge on any atom is 0.410 e. The first kappa shape index (κ1) is 21.7. The number of nitrogens with zero attached hydrogens (tertiary/aromatic N) is 5. The van der Waals surface area contributed by atoms with Crippen LogP contribution in [0.4, 0.5) is 19.0 Å². The number of alkyl halides is 3. The van der Waals surface area contributed by atoms with E-state index in [1.54, 1.807) is 22.7 Å². The summed E-state index contributed by atoms with van der Waals surface area (Å²) in [5.41, 5.74) is 2.77. The molecule has 1 unspecified atom stereocenters. The summed E-state index contributed by atoms with van der Waals surface area (Å²) in [6.45, 7) is 6.30. The molecule has 3 atom stereocenters. The van der Waals surface area contributed by atoms with Crippen LogP contribution in [0.2, 0.25) is 0 Å². The SMILES string of the molecule is CCc1nn(C)c(C(=O)N2CCCC2c2cc3n(n2)[C@@H](C(F)(F)F)C[C@@H](CC)N3)c1C. The maximum atomic E-state index is 13.7. The molecular formula is C21H29F3N6O. The van der Waals surface area contributed by atoms with Gasteiger partial charge in [-0.05, 0) is 39.0 Å². The summed E-state index contributed by atoms with van der Waals surface area (Å²) < 4.78 is 43.8. The molecule has 170 valence electrons. The Morgan fingerprint density at radius 1 is 1.29 bits per heavy atom. The molecule has 0 radical (unpaired) electrons. The Kier molecular flexibility index (Phi) is 5.51. The van der Waals surface area contributed by atoms with E-state index in [1.807, 2.05) is 20.8 Å². The zero-order valence-corrected chi connectivity index (χ0v) is 18.3. The zero-order valence-electron chi connectivity index (χ0n) is 18.3. The molecule has 0 saturated carbocycles. The smallest absolute Gasteiger partial charge is 0.367 e. The van der Waals surface area contributed by atoms with Gasteiger partial charge in [-0.1, -0.05) is 13.8 Å². The lowest BCUT2D eigenvalue weighted by Gasteiger charge is -2.32. The summed E-state index contributed by atoms with van der Waals surface area (Å²) in [4.78, 5) is 15.1. The van der Waals surface area contributed by atoms with Gasteiger partial charge in [-0.2, -0.15) is 23.4 Å². The Balaban J connectivity index is 1.67. The average molecular weight is 438 g/mol. The molecule has 10 heteroatoms. The van der Waals surface area contributed by atoms with Gasteiger partial charge in [-0.25, -0.2) is 4.68 Å². The third-order valence-electron chi connectivity index (χ3n) is 6.56. The van der Waals surface area contributed by atoms with Gasteiger partial charge in [-0.3, -0.25) is 9.48 Å². The van der Waals surface area contributed by atoms with Gasteiger partial charge < -0.3 is 10.2 Å². The van der Waals surface area contributed by atoms with Gasteiger partial charge in [0.2, 0.25) is 0 Å². The first-order chi connectivity index (χ1) is 14.7. The minimum atomic E-state index is -4.37. The Morgan fingerprint density at radius 2 is 2.03 bits per heavy atom. The highest BCUT2D eigenvalue weighted by molar-refractivity contribution is 5.94. The predicted molar refractivity (Wildman–Crippen MR) is 110 cm³/mol. The lowest BCUT2D eigenvalue weighted by Crippen LogP contribution is -2.39. The number of rotatable bonds is 4. The van der Waals surface area contributed by atoms with E-state index in [0.717, 1.165) is 28.8 Å². The van der Waals surface area contributed by atoms with Gasteiger partial charge in [0.05, 0.1) is 17.4 Å². The Labute approximate surface area is 179 Å². The van der Waals surface area contributed by atoms with Crippen molar-refractivity contribution in [3.63, 3.8) is 0 Å². The standard InChI is InChI=1S/C21H29F3N6O/c1-5-13-10-17(21(22,23)24)30-18(25-13)11-15(27-30)16-8-7-9-29(16)20(31)19-12(3)14(6-2)26-28(19)4/h11,13,16-17,25H,5-10H2,1-4H3/t13-,16?,17-/m1/s1. The van der Waals surface area contributed by atoms with Crippen LogP contribution in [0.1, 0.15) is 79.1 Å². The molecule has 1 fully saturated rings. The highest BCUT2D eigenvalue weighted by atomic mass is 19.4. The molecule has 0 aliphatic carbocycles. The van der Waals surface area contributed by atoms with Gasteiger partial charge in [0.25, 0.3) is 5.91 Å². The van der Waals surface area contributed by atoms with Crippen molar-refractivity contribution in [3.8, 4) is 0 Å². The third-order valence-corrected chi connectivity index (χ3v) is 6.56. The number of carbonyl (C=O) groups excluding carboxylic acids is 1. The van der Waals surface area contributed by atoms with E-state index in [-0.39, 0.29) is 24.4 Å². The van der Waals surface area contributed by atoms with E-state index < -0.39 is 12.2 Å². The van der Waals surface area contributed by atoms with Gasteiger partial charge in [-0.15, -0.1) is 0 Å². The summed E-state index contributed by atoms with van der Waals surface area (Å²) in [5, 5.41) is 12.0. The summed E-state index contributed by atoms with van der Waals surface area (Å²) in [5.74, 6) is 0.229. The van der Waals surface area contributed by atoms with Crippen LogP contribution in [0.25, 0.3) is 0 Å². The quantitative estimate of drug-likeness (QED) is 0.778. The van der Waals surface area contributed by atoms with E-state index in [2.05, 4.69) is 15.5 Å². The first-order valence-electron chi connectivity index (χ1n) is 10.9. The van der Waals surface area contributed by atoms with Crippen LogP contribution in [0, 0.1) is 6.92 Å². The van der Waals surface area contributed by atoms with Crippen molar-refractivity contribution in [3.05, 3.63) is 28.7 Å². The molecule has 0 bridgehead atoms. The van der Waals surface area contributed by atoms with Crippen molar-refractivity contribution in [2.45, 2.75) is 77.2 Å². The number of hydrogen-bond acceptors (Lipinski definition) is 4. The molecule has 2 aliphatic rings. The van der Waals surface area contributed by atoms with Crippen molar-refractivity contribution in [1.29, 1.82) is 0 Å². The highest BCUT2D eigenvalue weighted by Gasteiger charge is 2.46. The Hall–Kier alpha value is -2.52. The van der Waals surface area contributed by atoms with E-state index in [9.17, 15) is 18.0 Å². The zero-order chi connectivity index (χ0) is 22.5. The normalized spacial score (nSPS) is 23.7. The van der Waals surface area contributed by atoms with Gasteiger partial charge >= 0.3 is 6.18 Å². The third kappa shape index (κ3) is 3.70. The molecule has 2 aromatic heterocycles. The number of carbonyl (C=O) groups is 1. The van der Waals surface area contributed by atoms with Crippen molar-refractivity contribution in [1.82, 2.24) is 24.5 Å². The van der Waals surface area contributed by atoms with Gasteiger partial charge in [0.1, 0.15) is 11.5 Å². The molecule has 7 nitrogen and oxygen atoms in total. The fourth-order valence-corrected chi connectivity index (χ4v) is 4.87. The lowest BCUT2D eigenvalue weighted by atomic mass is 10.0. The van der Waals surface area contributed by atoms with E-state index in [0.29, 0.717) is 36.6 Å². The summed E-state index contributed by atoms with van der Waals surface area (Å²) in [6.07, 6.45) is -1.64. The van der Waals surface area contributed by atoms with E-state index in [4.69, 9.17) is 0 Å². The number of nitrogens with one attached hydrogen (secondary N) is 1. The molecule has 1 N–H and O–H groups in total. The summed E-state index contributed by atoms with van der Waals surface area (Å²) in [7, 11) is 1.75. The number of anilines is 1. The van der Waals surface area contributed by atoms with Crippen LogP contribution in [0.3, 0.4) is 0 Å². The van der Waals surface area contributed by atoms with Crippen molar-refractivity contribution >= 4 is 11.7 Å². The molecular weight excluding hydrogens is 409 g/mol. The second-order valence-corrected chi connectivity index (χ2v) is 8.50. The second kappa shape index (κ2) is 7.87. The van der Waals surface area contributed by atoms with Crippen LogP contribution >= 0.6 is 0 Å². The minimum Gasteiger partial charge on any atom is -0.367 e. The van der Waals surface area contributed by atoms with Crippen LogP contribution < -0.4 is 5.32 Å². The first-order valence-corrected chi connectivity index (χ1v) is 10.9. The maximum absolute atomic E-state index is 13.7. The number of amides is 1. The van der Waals surface area contributed by atoms with Crippen LogP contribution in [-0.2, 0) is 13.5 Å². The number of aromatic nitrogens is 4. The molecule has 4 rings (SSSR count). The molecule has 0 spiro atoms. The number of halogens is 3. The number of likely N-dealkylation sites (tertiary alicyclic amines) is 1. The minimum absolute atomic E-state index is 0.0462. The second-order valence-electron chi connectivity index (χ2n) is 8.50. The molecule has 31 heavy (non-hydrogen) atoms. The van der Waals surface area contributed by atoms with Crippen LogP contribution in [0.5, 0.6) is 0 Å². The van der Waals surface area contributed by atoms with Crippen molar-refractivity contribution in [2.75, 3.05) is 11.9 Å². The van der Waals surface area contributed by atoms with E-state index >= 15 is 0 Å². The molecule has 2 aromatic rings. The van der Waals surface area contributed by atoms with Crippen molar-refractivity contribution < 1.29 is 18.0 Å². The fraction of sp³-hybridized carbons (Fsp3) is 0.667. The lowest BCUT2D eigenvalue weighted by molar-refractivity contribution is -0.173. The summed E-state index contributed by atoms with van der Waals surface area (Å²) >= 11 is 0. The molecule has 2 aliphatic heterocycles. The largest absolute Gasteiger partial charge is 0.410 e. The van der Waals surface area contributed by atoms with Crippen molar-refractivity contribution in [2.24, 2.45) is 7.05 Å². The predicted octanol–water partition coefficient (Wildman–Crippen LogP) is 4.16. The molecule has 1 saturated heterocycles. The summed E-state index contributed by atoms with van der Waals surface area (Å²) in [6, 6.07) is -0.570.